The summed E-state index contributed by atoms with van der Waals surface area (Å²) in [7, 11) is -0.170. The Morgan fingerprint density at radius 3 is 2.62 bits per heavy atom. The first-order valence-corrected chi connectivity index (χ1v) is 11.0. The van der Waals surface area contributed by atoms with Gasteiger partial charge in [-0.3, -0.25) is 9.36 Å². The molecule has 9 nitrogen and oxygen atoms in total. The van der Waals surface area contributed by atoms with Crippen LogP contribution in [0.4, 0.5) is 0 Å². The average Bonchev–Trinajstić information content (AvgIpc) is 3.10. The zero-order valence-electron chi connectivity index (χ0n) is 16.6. The Kier molecular flexibility index (Phi) is 5.43. The summed E-state index contributed by atoms with van der Waals surface area (Å²) in [5, 5.41) is 0. The molecule has 0 unspecified atom stereocenters. The highest BCUT2D eigenvalue weighted by Crippen LogP contribution is 2.31. The van der Waals surface area contributed by atoms with Gasteiger partial charge in [0.05, 0.1) is 24.5 Å². The Balaban J connectivity index is 1.78. The number of aromatic nitrogens is 2. The zero-order chi connectivity index (χ0) is 20.6. The highest BCUT2D eigenvalue weighted by atomic mass is 32.2. The topological polar surface area (TPSA) is 88.0 Å². The normalized spacial score (nSPS) is 19.4. The van der Waals surface area contributed by atoms with E-state index in [1.54, 1.807) is 40.1 Å². The third-order valence-corrected chi connectivity index (χ3v) is 7.37. The number of hydrogen-bond acceptors (Lipinski definition) is 6. The van der Waals surface area contributed by atoms with Gasteiger partial charge in [-0.05, 0) is 19.2 Å². The summed E-state index contributed by atoms with van der Waals surface area (Å²) >= 11 is 0. The number of carbonyl (C=O) groups is 1. The summed E-state index contributed by atoms with van der Waals surface area (Å²) in [6.45, 7) is 3.39. The third-order valence-electron chi connectivity index (χ3n) is 5.47. The van der Waals surface area contributed by atoms with Gasteiger partial charge in [0.15, 0.2) is 5.69 Å². The number of para-hydroxylation sites is 1. The molecule has 0 radical (unpaired) electrons. The lowest BCUT2D eigenvalue weighted by atomic mass is 10.2. The minimum absolute atomic E-state index is 0.0647. The third kappa shape index (κ3) is 3.57. The summed E-state index contributed by atoms with van der Waals surface area (Å²) < 4.78 is 34.7. The van der Waals surface area contributed by atoms with E-state index >= 15 is 0 Å². The highest BCUT2D eigenvalue weighted by molar-refractivity contribution is 7.89. The van der Waals surface area contributed by atoms with Gasteiger partial charge in [-0.1, -0.05) is 12.1 Å². The van der Waals surface area contributed by atoms with Crippen LogP contribution in [-0.2, 0) is 21.3 Å². The number of hydrogen-bond donors (Lipinski definition) is 0. The largest absolute Gasteiger partial charge is 0.383 e. The molecule has 1 amide bonds. The number of benzene rings is 1. The fourth-order valence-electron chi connectivity index (χ4n) is 3.73. The van der Waals surface area contributed by atoms with Gasteiger partial charge in [-0.2, -0.15) is 4.31 Å². The molecule has 1 aromatic carbocycles. The van der Waals surface area contributed by atoms with Crippen molar-refractivity contribution < 1.29 is 17.9 Å². The Morgan fingerprint density at radius 2 is 1.90 bits per heavy atom. The molecule has 0 aliphatic carbocycles. The molecule has 0 N–H and O–H groups in total. The average molecular weight is 420 g/mol. The number of rotatable bonds is 4. The van der Waals surface area contributed by atoms with Crippen molar-refractivity contribution in [1.29, 1.82) is 0 Å². The van der Waals surface area contributed by atoms with Gasteiger partial charge < -0.3 is 14.5 Å². The van der Waals surface area contributed by atoms with E-state index in [1.165, 1.54) is 11.4 Å². The fraction of sp³-hybridized carbons (Fsp3) is 0.474. The first kappa shape index (κ1) is 20.0. The molecular weight excluding hydrogens is 394 g/mol. The number of amides is 1. The SMILES string of the molecule is COCCN1Cc2c(C(=O)N3CCN(C)CC3)ncn2-c2ccccc2S1(=O)=O. The molecule has 3 heterocycles. The maximum Gasteiger partial charge on any atom is 0.274 e. The minimum Gasteiger partial charge on any atom is -0.383 e. The zero-order valence-corrected chi connectivity index (χ0v) is 17.4. The first-order chi connectivity index (χ1) is 13.9. The molecule has 0 saturated carbocycles. The molecule has 29 heavy (non-hydrogen) atoms. The Bertz CT molecular complexity index is 1010. The van der Waals surface area contributed by atoms with Crippen LogP contribution in [-0.4, -0.2) is 91.5 Å². The van der Waals surface area contributed by atoms with Crippen molar-refractivity contribution in [2.75, 3.05) is 53.5 Å². The molecule has 1 aromatic heterocycles. The molecule has 2 aliphatic rings. The number of sulfonamides is 1. The van der Waals surface area contributed by atoms with E-state index in [0.717, 1.165) is 13.1 Å². The number of methoxy groups -OCH3 is 1. The van der Waals surface area contributed by atoms with Gasteiger partial charge in [-0.15, -0.1) is 0 Å². The van der Waals surface area contributed by atoms with Crippen LogP contribution in [0.3, 0.4) is 0 Å². The molecule has 2 aromatic rings. The number of ether oxygens (including phenoxy) is 1. The number of likely N-dealkylation sites (N-methyl/N-ethyl adjacent to an activating group) is 1. The summed E-state index contributed by atoms with van der Waals surface area (Å²) in [4.78, 5) is 21.7. The molecule has 0 bridgehead atoms. The van der Waals surface area contributed by atoms with Gasteiger partial charge in [0.2, 0.25) is 10.0 Å². The van der Waals surface area contributed by atoms with Crippen molar-refractivity contribution in [1.82, 2.24) is 23.7 Å². The van der Waals surface area contributed by atoms with Crippen LogP contribution in [0.5, 0.6) is 0 Å². The Hall–Kier alpha value is -2.27. The predicted molar refractivity (Wildman–Crippen MR) is 106 cm³/mol. The molecular formula is C19H25N5O4S. The lowest BCUT2D eigenvalue weighted by Crippen LogP contribution is -2.47. The molecule has 1 saturated heterocycles. The maximum absolute atomic E-state index is 13.3. The van der Waals surface area contributed by atoms with Gasteiger partial charge in [-0.25, -0.2) is 13.4 Å². The smallest absolute Gasteiger partial charge is 0.274 e. The molecule has 2 aliphatic heterocycles. The first-order valence-electron chi connectivity index (χ1n) is 9.56. The fourth-order valence-corrected chi connectivity index (χ4v) is 5.29. The van der Waals surface area contributed by atoms with E-state index in [1.807, 2.05) is 7.05 Å². The second-order valence-corrected chi connectivity index (χ2v) is 9.21. The predicted octanol–water partition coefficient (Wildman–Crippen LogP) is 0.411. The molecule has 10 heteroatoms. The number of piperazine rings is 1. The summed E-state index contributed by atoms with van der Waals surface area (Å²) in [6, 6.07) is 6.80. The number of nitrogens with zero attached hydrogens (tertiary/aromatic N) is 5. The van der Waals surface area contributed by atoms with Crippen molar-refractivity contribution in [2.24, 2.45) is 0 Å². The van der Waals surface area contributed by atoms with Crippen LogP contribution in [0.1, 0.15) is 16.2 Å². The molecule has 156 valence electrons. The number of fused-ring (bicyclic) bond motifs is 3. The van der Waals surface area contributed by atoms with Crippen molar-refractivity contribution in [2.45, 2.75) is 11.4 Å². The van der Waals surface area contributed by atoms with Crippen LogP contribution < -0.4 is 0 Å². The number of carbonyl (C=O) groups excluding carboxylic acids is 1. The molecule has 0 spiro atoms. The van der Waals surface area contributed by atoms with Crippen molar-refractivity contribution in [3.63, 3.8) is 0 Å². The van der Waals surface area contributed by atoms with Crippen molar-refractivity contribution in [3.8, 4) is 5.69 Å². The highest BCUT2D eigenvalue weighted by Gasteiger charge is 2.35. The lowest BCUT2D eigenvalue weighted by Gasteiger charge is -2.32. The number of imidazole rings is 1. The van der Waals surface area contributed by atoms with Crippen LogP contribution in [0.15, 0.2) is 35.5 Å². The van der Waals surface area contributed by atoms with Gasteiger partial charge >= 0.3 is 0 Å². The summed E-state index contributed by atoms with van der Waals surface area (Å²) in [6.07, 6.45) is 1.55. The Morgan fingerprint density at radius 1 is 1.17 bits per heavy atom. The van der Waals surface area contributed by atoms with Crippen molar-refractivity contribution in [3.05, 3.63) is 42.0 Å². The molecule has 1 fully saturated rings. The quantitative estimate of drug-likeness (QED) is 0.713. The van der Waals surface area contributed by atoms with E-state index in [0.29, 0.717) is 30.2 Å². The van der Waals surface area contributed by atoms with E-state index in [2.05, 4.69) is 9.88 Å². The van der Waals surface area contributed by atoms with Crippen LogP contribution in [0.25, 0.3) is 5.69 Å². The summed E-state index contributed by atoms with van der Waals surface area (Å²) in [5.41, 5.74) is 1.40. The second-order valence-electron chi connectivity index (χ2n) is 7.30. The maximum atomic E-state index is 13.3. The van der Waals surface area contributed by atoms with E-state index in [9.17, 15) is 13.2 Å². The Labute approximate surface area is 170 Å². The van der Waals surface area contributed by atoms with E-state index in [-0.39, 0.29) is 30.5 Å². The van der Waals surface area contributed by atoms with Crippen molar-refractivity contribution >= 4 is 15.9 Å². The van der Waals surface area contributed by atoms with Gasteiger partial charge in [0.25, 0.3) is 5.91 Å². The van der Waals surface area contributed by atoms with Crippen LogP contribution in [0.2, 0.25) is 0 Å². The van der Waals surface area contributed by atoms with Crippen LogP contribution >= 0.6 is 0 Å². The second kappa shape index (κ2) is 7.86. The van der Waals surface area contributed by atoms with Crippen LogP contribution in [0, 0.1) is 0 Å². The summed E-state index contributed by atoms with van der Waals surface area (Å²) in [5.74, 6) is -0.157. The van der Waals surface area contributed by atoms with E-state index < -0.39 is 10.0 Å². The van der Waals surface area contributed by atoms with E-state index in [4.69, 9.17) is 4.74 Å². The van der Waals surface area contributed by atoms with Gasteiger partial charge in [0.1, 0.15) is 11.2 Å². The minimum atomic E-state index is -3.73. The monoisotopic (exact) mass is 419 g/mol. The lowest BCUT2D eigenvalue weighted by molar-refractivity contribution is 0.0656. The standard InChI is InChI=1S/C19H25N5O4S/c1-21-7-9-22(10-8-21)19(25)18-16-13-23(11-12-28-2)29(26,27)17-6-4-3-5-15(17)24(16)14-20-18/h3-6,14H,7-13H2,1-2H3. The molecule has 0 atom stereocenters. The van der Waals surface area contributed by atoms with Gasteiger partial charge in [0, 0.05) is 39.8 Å². The molecule has 4 rings (SSSR count).